The predicted octanol–water partition coefficient (Wildman–Crippen LogP) is 2.86. The number of aryl methyl sites for hydroxylation is 1. The second kappa shape index (κ2) is 5.83. The molecule has 17 heavy (non-hydrogen) atoms. The Kier molecular flexibility index (Phi) is 4.40. The van der Waals surface area contributed by atoms with Crippen LogP contribution in [-0.4, -0.2) is 24.1 Å². The lowest BCUT2D eigenvalue weighted by Crippen LogP contribution is -2.40. The van der Waals surface area contributed by atoms with E-state index in [0.717, 1.165) is 29.1 Å². The van der Waals surface area contributed by atoms with E-state index >= 15 is 0 Å². The first-order chi connectivity index (χ1) is 8.22. The van der Waals surface area contributed by atoms with Crippen molar-refractivity contribution in [3.8, 4) is 0 Å². The van der Waals surface area contributed by atoms with Crippen molar-refractivity contribution in [1.82, 2.24) is 4.98 Å². The molecule has 1 fully saturated rings. The van der Waals surface area contributed by atoms with Crippen molar-refractivity contribution in [2.45, 2.75) is 38.6 Å². The first kappa shape index (κ1) is 12.8. The molecular formula is C13H20BrN3. The summed E-state index contributed by atoms with van der Waals surface area (Å²) in [4.78, 5) is 7.04. The molecule has 1 saturated heterocycles. The molecule has 2 heterocycles. The molecule has 2 rings (SSSR count). The van der Waals surface area contributed by atoms with Crippen LogP contribution in [0.3, 0.4) is 0 Å². The third-order valence-electron chi connectivity index (χ3n) is 3.45. The summed E-state index contributed by atoms with van der Waals surface area (Å²) in [6.07, 6.45) is 5.02. The van der Waals surface area contributed by atoms with Gasteiger partial charge in [-0.05, 0) is 47.8 Å². The van der Waals surface area contributed by atoms with Gasteiger partial charge in [0.05, 0.1) is 5.69 Å². The number of pyridine rings is 1. The molecule has 3 nitrogen and oxygen atoms in total. The molecule has 4 heteroatoms. The zero-order valence-electron chi connectivity index (χ0n) is 10.3. The summed E-state index contributed by atoms with van der Waals surface area (Å²) < 4.78 is 1.07. The molecule has 1 aromatic heterocycles. The van der Waals surface area contributed by atoms with Crippen molar-refractivity contribution in [1.29, 1.82) is 0 Å². The van der Waals surface area contributed by atoms with Gasteiger partial charge in [-0.1, -0.05) is 12.8 Å². The van der Waals surface area contributed by atoms with Gasteiger partial charge in [0.15, 0.2) is 0 Å². The van der Waals surface area contributed by atoms with E-state index < -0.39 is 0 Å². The average Bonchev–Trinajstić information content (AvgIpc) is 2.57. The van der Waals surface area contributed by atoms with Gasteiger partial charge in [-0.2, -0.15) is 0 Å². The van der Waals surface area contributed by atoms with Gasteiger partial charge in [-0.25, -0.2) is 4.98 Å². The molecule has 1 atom stereocenters. The van der Waals surface area contributed by atoms with E-state index in [1.807, 2.05) is 6.92 Å². The lowest BCUT2D eigenvalue weighted by molar-refractivity contribution is 0.575. The molecule has 0 saturated carbocycles. The molecule has 1 aliphatic heterocycles. The van der Waals surface area contributed by atoms with Crippen LogP contribution in [0.5, 0.6) is 0 Å². The largest absolute Gasteiger partial charge is 0.352 e. The molecule has 0 amide bonds. The second-order valence-corrected chi connectivity index (χ2v) is 5.52. The minimum atomic E-state index is 0.450. The Balaban J connectivity index is 2.25. The smallest absolute Gasteiger partial charge is 0.129 e. The molecule has 0 aliphatic carbocycles. The number of hydrogen-bond acceptors (Lipinski definition) is 3. The normalized spacial score (nSPS) is 21.4. The van der Waals surface area contributed by atoms with Gasteiger partial charge in [-0.15, -0.1) is 0 Å². The minimum absolute atomic E-state index is 0.450. The van der Waals surface area contributed by atoms with Crippen LogP contribution in [0.2, 0.25) is 0 Å². The predicted molar refractivity (Wildman–Crippen MR) is 75.3 cm³/mol. The minimum Gasteiger partial charge on any atom is -0.352 e. The summed E-state index contributed by atoms with van der Waals surface area (Å²) in [6, 6.07) is 4.62. The van der Waals surface area contributed by atoms with Crippen molar-refractivity contribution < 1.29 is 0 Å². The third kappa shape index (κ3) is 2.99. The molecule has 1 aromatic rings. The standard InChI is InChI=1S/C13H20BrN3/c1-10-12(14)6-7-13(16-10)17-8-4-2-3-5-11(17)9-15/h6-7,11H,2-5,8-9,15H2,1H3. The summed E-state index contributed by atoms with van der Waals surface area (Å²) in [6.45, 7) is 3.83. The van der Waals surface area contributed by atoms with Crippen molar-refractivity contribution in [2.24, 2.45) is 5.73 Å². The van der Waals surface area contributed by atoms with E-state index in [1.54, 1.807) is 0 Å². The number of aromatic nitrogens is 1. The molecular weight excluding hydrogens is 278 g/mol. The fraction of sp³-hybridized carbons (Fsp3) is 0.615. The Morgan fingerprint density at radius 3 is 2.94 bits per heavy atom. The van der Waals surface area contributed by atoms with Gasteiger partial charge >= 0.3 is 0 Å². The quantitative estimate of drug-likeness (QED) is 0.913. The Bertz CT molecular complexity index is 381. The maximum absolute atomic E-state index is 5.89. The zero-order valence-corrected chi connectivity index (χ0v) is 11.9. The maximum atomic E-state index is 5.89. The molecule has 0 radical (unpaired) electrons. The number of rotatable bonds is 2. The summed E-state index contributed by atoms with van der Waals surface area (Å²) in [5, 5.41) is 0. The van der Waals surface area contributed by atoms with Crippen LogP contribution in [0.4, 0.5) is 5.82 Å². The highest BCUT2D eigenvalue weighted by Gasteiger charge is 2.21. The Hall–Kier alpha value is -0.610. The van der Waals surface area contributed by atoms with E-state index in [9.17, 15) is 0 Å². The molecule has 0 bridgehead atoms. The maximum Gasteiger partial charge on any atom is 0.129 e. The highest BCUT2D eigenvalue weighted by Crippen LogP contribution is 2.24. The van der Waals surface area contributed by atoms with Crippen LogP contribution in [0.15, 0.2) is 16.6 Å². The molecule has 1 unspecified atom stereocenters. The summed E-state index contributed by atoms with van der Waals surface area (Å²) in [5.41, 5.74) is 6.93. The molecule has 1 aliphatic rings. The van der Waals surface area contributed by atoms with Crippen LogP contribution in [0.25, 0.3) is 0 Å². The Labute approximate surface area is 112 Å². The lowest BCUT2D eigenvalue weighted by atomic mass is 10.1. The summed E-state index contributed by atoms with van der Waals surface area (Å²) >= 11 is 3.50. The number of nitrogens with zero attached hydrogens (tertiary/aromatic N) is 2. The van der Waals surface area contributed by atoms with Crippen LogP contribution in [0, 0.1) is 6.92 Å². The van der Waals surface area contributed by atoms with Gasteiger partial charge < -0.3 is 10.6 Å². The van der Waals surface area contributed by atoms with Crippen LogP contribution in [0.1, 0.15) is 31.4 Å². The highest BCUT2D eigenvalue weighted by atomic mass is 79.9. The first-order valence-corrected chi connectivity index (χ1v) is 7.11. The monoisotopic (exact) mass is 297 g/mol. The van der Waals surface area contributed by atoms with Gasteiger partial charge in [0.25, 0.3) is 0 Å². The number of anilines is 1. The van der Waals surface area contributed by atoms with Crippen molar-refractivity contribution in [3.05, 3.63) is 22.3 Å². The van der Waals surface area contributed by atoms with Crippen LogP contribution in [-0.2, 0) is 0 Å². The second-order valence-electron chi connectivity index (χ2n) is 4.67. The number of nitrogens with two attached hydrogens (primary N) is 1. The molecule has 2 N–H and O–H groups in total. The fourth-order valence-corrected chi connectivity index (χ4v) is 2.64. The van der Waals surface area contributed by atoms with Crippen LogP contribution >= 0.6 is 15.9 Å². The average molecular weight is 298 g/mol. The van der Waals surface area contributed by atoms with Gasteiger partial charge in [0.1, 0.15) is 5.82 Å². The zero-order chi connectivity index (χ0) is 12.3. The van der Waals surface area contributed by atoms with Crippen molar-refractivity contribution >= 4 is 21.7 Å². The van der Waals surface area contributed by atoms with Gasteiger partial charge in [0, 0.05) is 23.6 Å². The Morgan fingerprint density at radius 1 is 1.41 bits per heavy atom. The van der Waals surface area contributed by atoms with E-state index in [2.05, 4.69) is 37.9 Å². The SMILES string of the molecule is Cc1nc(N2CCCCCC2CN)ccc1Br. The first-order valence-electron chi connectivity index (χ1n) is 6.32. The Morgan fingerprint density at radius 2 is 2.24 bits per heavy atom. The van der Waals surface area contributed by atoms with E-state index in [1.165, 1.54) is 25.7 Å². The highest BCUT2D eigenvalue weighted by molar-refractivity contribution is 9.10. The third-order valence-corrected chi connectivity index (χ3v) is 4.29. The van der Waals surface area contributed by atoms with E-state index in [0.29, 0.717) is 6.04 Å². The molecule has 94 valence electrons. The lowest BCUT2D eigenvalue weighted by Gasteiger charge is -2.30. The fourth-order valence-electron chi connectivity index (χ4n) is 2.41. The molecule has 0 spiro atoms. The summed E-state index contributed by atoms with van der Waals surface area (Å²) in [5.74, 6) is 1.07. The van der Waals surface area contributed by atoms with Gasteiger partial charge in [0.2, 0.25) is 0 Å². The van der Waals surface area contributed by atoms with E-state index in [-0.39, 0.29) is 0 Å². The topological polar surface area (TPSA) is 42.2 Å². The number of halogens is 1. The van der Waals surface area contributed by atoms with Crippen molar-refractivity contribution in [2.75, 3.05) is 18.0 Å². The van der Waals surface area contributed by atoms with Crippen LogP contribution < -0.4 is 10.6 Å². The van der Waals surface area contributed by atoms with Crippen molar-refractivity contribution in [3.63, 3.8) is 0 Å². The summed E-state index contributed by atoms with van der Waals surface area (Å²) in [7, 11) is 0. The number of hydrogen-bond donors (Lipinski definition) is 1. The molecule has 0 aromatic carbocycles. The van der Waals surface area contributed by atoms with E-state index in [4.69, 9.17) is 5.73 Å². The van der Waals surface area contributed by atoms with Gasteiger partial charge in [-0.3, -0.25) is 0 Å².